The number of anilines is 2. The minimum Gasteiger partial charge on any atom is -0.481 e. The first-order valence-electron chi connectivity index (χ1n) is 10.5. The Hall–Kier alpha value is -3.52. The molecule has 0 unspecified atom stereocenters. The number of hydrogen-bond donors (Lipinski definition) is 2. The number of rotatable bonds is 7. The quantitative estimate of drug-likeness (QED) is 0.386. The van der Waals surface area contributed by atoms with E-state index in [0.717, 1.165) is 45.0 Å². The van der Waals surface area contributed by atoms with E-state index in [-0.39, 0.29) is 12.6 Å². The zero-order valence-corrected chi connectivity index (χ0v) is 18.1. The molecule has 1 aliphatic carbocycles. The van der Waals surface area contributed by atoms with Gasteiger partial charge in [-0.15, -0.1) is 0 Å². The fourth-order valence-corrected chi connectivity index (χ4v) is 4.90. The van der Waals surface area contributed by atoms with E-state index in [1.54, 1.807) is 23.7 Å². The fraction of sp³-hybridized carbons (Fsp3) is 0.250. The Kier molecular flexibility index (Phi) is 5.45. The van der Waals surface area contributed by atoms with Crippen LogP contribution in [0.3, 0.4) is 0 Å². The van der Waals surface area contributed by atoms with E-state index < -0.39 is 11.4 Å². The van der Waals surface area contributed by atoms with Crippen molar-refractivity contribution in [2.45, 2.75) is 25.7 Å². The smallest absolute Gasteiger partial charge is 0.316 e. The summed E-state index contributed by atoms with van der Waals surface area (Å²) in [6.07, 6.45) is 6.50. The summed E-state index contributed by atoms with van der Waals surface area (Å²) >= 11 is 1.62. The van der Waals surface area contributed by atoms with Crippen molar-refractivity contribution in [3.8, 4) is 17.1 Å². The summed E-state index contributed by atoms with van der Waals surface area (Å²) in [6.45, 7) is 0.105. The Morgan fingerprint density at radius 3 is 2.44 bits per heavy atom. The van der Waals surface area contributed by atoms with Crippen LogP contribution in [0.2, 0.25) is 0 Å². The minimum atomic E-state index is -0.811. The van der Waals surface area contributed by atoms with Crippen molar-refractivity contribution in [2.75, 3.05) is 11.9 Å². The molecule has 8 heteroatoms. The van der Waals surface area contributed by atoms with Crippen LogP contribution >= 0.6 is 11.3 Å². The molecule has 0 spiro atoms. The Bertz CT molecular complexity index is 1200. The number of carboxylic acid groups (broad SMARTS) is 1. The summed E-state index contributed by atoms with van der Waals surface area (Å²) in [6, 6.07) is 16.2. The van der Waals surface area contributed by atoms with Gasteiger partial charge >= 0.3 is 12.0 Å². The Balaban J connectivity index is 1.23. The Morgan fingerprint density at radius 1 is 1.03 bits per heavy atom. The van der Waals surface area contributed by atoms with Crippen LogP contribution in [0, 0.1) is 5.41 Å². The van der Waals surface area contributed by atoms with Crippen LogP contribution in [-0.2, 0) is 4.79 Å². The number of carboxylic acids is 1. The van der Waals surface area contributed by atoms with Crippen molar-refractivity contribution in [3.05, 3.63) is 60.9 Å². The molecule has 2 heterocycles. The predicted molar refractivity (Wildman–Crippen MR) is 124 cm³/mol. The molecule has 0 radical (unpaired) electrons. The third-order valence-electron chi connectivity index (χ3n) is 5.88. The second-order valence-corrected chi connectivity index (χ2v) is 9.06. The van der Waals surface area contributed by atoms with Gasteiger partial charge < -0.3 is 15.2 Å². The molecule has 0 bridgehead atoms. The molecule has 1 aliphatic rings. The molecule has 2 N–H and O–H groups in total. The van der Waals surface area contributed by atoms with Gasteiger partial charge in [0.25, 0.3) is 0 Å². The SMILES string of the molecule is O=C(O)C1(COc2ncc(-c3ccc(Nc4nc5ccccc5s4)cc3)cn2)CCCC1. The average molecular weight is 447 g/mol. The summed E-state index contributed by atoms with van der Waals surface area (Å²) in [7, 11) is 0. The average Bonchev–Trinajstić information content (AvgIpc) is 3.46. The van der Waals surface area contributed by atoms with Gasteiger partial charge in [-0.05, 0) is 42.7 Å². The summed E-state index contributed by atoms with van der Waals surface area (Å²) in [5.41, 5.74) is 2.96. The van der Waals surface area contributed by atoms with E-state index in [0.29, 0.717) is 12.8 Å². The Labute approximate surface area is 189 Å². The molecule has 4 aromatic rings. The number of nitrogens with one attached hydrogen (secondary N) is 1. The highest BCUT2D eigenvalue weighted by molar-refractivity contribution is 7.22. The van der Waals surface area contributed by atoms with Crippen molar-refractivity contribution in [1.29, 1.82) is 0 Å². The fourth-order valence-electron chi connectivity index (χ4n) is 4.01. The van der Waals surface area contributed by atoms with Crippen LogP contribution in [0.4, 0.5) is 10.8 Å². The molecule has 162 valence electrons. The molecule has 32 heavy (non-hydrogen) atoms. The second kappa shape index (κ2) is 8.55. The van der Waals surface area contributed by atoms with Gasteiger partial charge in [-0.1, -0.05) is 48.4 Å². The second-order valence-electron chi connectivity index (χ2n) is 8.02. The molecular formula is C24H22N4O3S. The van der Waals surface area contributed by atoms with Gasteiger partial charge in [0, 0.05) is 23.6 Å². The van der Waals surface area contributed by atoms with Gasteiger partial charge in [-0.3, -0.25) is 4.79 Å². The molecule has 1 fully saturated rings. The zero-order chi connectivity index (χ0) is 22.0. The maximum Gasteiger partial charge on any atom is 0.316 e. The number of hydrogen-bond acceptors (Lipinski definition) is 7. The van der Waals surface area contributed by atoms with Gasteiger partial charge in [0.2, 0.25) is 0 Å². The largest absolute Gasteiger partial charge is 0.481 e. The van der Waals surface area contributed by atoms with E-state index in [1.807, 2.05) is 42.5 Å². The molecule has 0 aliphatic heterocycles. The molecule has 0 saturated heterocycles. The van der Waals surface area contributed by atoms with Crippen LogP contribution in [0.25, 0.3) is 21.3 Å². The monoisotopic (exact) mass is 446 g/mol. The van der Waals surface area contributed by atoms with E-state index in [1.165, 1.54) is 0 Å². The zero-order valence-electron chi connectivity index (χ0n) is 17.3. The molecule has 2 aromatic heterocycles. The van der Waals surface area contributed by atoms with Crippen LogP contribution in [0.5, 0.6) is 6.01 Å². The van der Waals surface area contributed by atoms with Crippen molar-refractivity contribution in [1.82, 2.24) is 15.0 Å². The van der Waals surface area contributed by atoms with Crippen LogP contribution in [-0.4, -0.2) is 32.6 Å². The molecule has 5 rings (SSSR count). The number of aliphatic carboxylic acids is 1. The van der Waals surface area contributed by atoms with Gasteiger partial charge in [0.05, 0.1) is 10.2 Å². The van der Waals surface area contributed by atoms with Gasteiger partial charge in [-0.25, -0.2) is 15.0 Å². The minimum absolute atomic E-state index is 0.105. The highest BCUT2D eigenvalue weighted by atomic mass is 32.1. The first-order valence-corrected chi connectivity index (χ1v) is 11.3. The van der Waals surface area contributed by atoms with Gasteiger partial charge in [0.15, 0.2) is 5.13 Å². The molecule has 7 nitrogen and oxygen atoms in total. The maximum atomic E-state index is 11.6. The molecule has 1 saturated carbocycles. The van der Waals surface area contributed by atoms with Crippen molar-refractivity contribution >= 4 is 38.3 Å². The lowest BCUT2D eigenvalue weighted by Crippen LogP contribution is -2.34. The van der Waals surface area contributed by atoms with Crippen LogP contribution in [0.1, 0.15) is 25.7 Å². The summed E-state index contributed by atoms with van der Waals surface area (Å²) in [5, 5.41) is 13.8. The first-order chi connectivity index (χ1) is 15.6. The summed E-state index contributed by atoms with van der Waals surface area (Å²) in [5.74, 6) is -0.800. The van der Waals surface area contributed by atoms with E-state index >= 15 is 0 Å². The number of benzene rings is 2. The van der Waals surface area contributed by atoms with Crippen LogP contribution < -0.4 is 10.1 Å². The molecule has 0 atom stereocenters. The standard InChI is InChI=1S/C24H22N4O3S/c29-21(30)24(11-3-4-12-24)15-31-22-25-13-17(14-26-22)16-7-9-18(10-8-16)27-23-28-19-5-1-2-6-20(19)32-23/h1-2,5-10,13-14H,3-4,11-12,15H2,(H,27,28)(H,29,30). The summed E-state index contributed by atoms with van der Waals surface area (Å²) < 4.78 is 6.78. The lowest BCUT2D eigenvalue weighted by Gasteiger charge is -2.22. The number of fused-ring (bicyclic) bond motifs is 1. The number of carbonyl (C=O) groups is 1. The number of aromatic nitrogens is 3. The normalized spacial score (nSPS) is 15.0. The van der Waals surface area contributed by atoms with Crippen LogP contribution in [0.15, 0.2) is 60.9 Å². The summed E-state index contributed by atoms with van der Waals surface area (Å²) in [4.78, 5) is 24.8. The Morgan fingerprint density at radius 2 is 1.75 bits per heavy atom. The van der Waals surface area contributed by atoms with E-state index in [4.69, 9.17) is 4.74 Å². The van der Waals surface area contributed by atoms with Crippen molar-refractivity contribution < 1.29 is 14.6 Å². The molecular weight excluding hydrogens is 424 g/mol. The lowest BCUT2D eigenvalue weighted by atomic mass is 9.87. The van der Waals surface area contributed by atoms with Gasteiger partial charge in [0.1, 0.15) is 12.0 Å². The third-order valence-corrected chi connectivity index (χ3v) is 6.84. The van der Waals surface area contributed by atoms with E-state index in [2.05, 4.69) is 26.3 Å². The molecule has 2 aromatic carbocycles. The van der Waals surface area contributed by atoms with Crippen molar-refractivity contribution in [2.24, 2.45) is 5.41 Å². The maximum absolute atomic E-state index is 11.6. The first kappa shape index (κ1) is 20.4. The topological polar surface area (TPSA) is 97.2 Å². The third kappa shape index (κ3) is 4.13. The predicted octanol–water partition coefficient (Wildman–Crippen LogP) is 5.52. The number of ether oxygens (including phenoxy) is 1. The highest BCUT2D eigenvalue weighted by Crippen LogP contribution is 2.38. The van der Waals surface area contributed by atoms with Crippen molar-refractivity contribution in [3.63, 3.8) is 0 Å². The number of nitrogens with zero attached hydrogens (tertiary/aromatic N) is 3. The molecule has 0 amide bonds. The van der Waals surface area contributed by atoms with E-state index in [9.17, 15) is 9.90 Å². The number of para-hydroxylation sites is 1. The van der Waals surface area contributed by atoms with Gasteiger partial charge in [-0.2, -0.15) is 0 Å². The highest BCUT2D eigenvalue weighted by Gasteiger charge is 2.42. The number of thiazole rings is 1. The lowest BCUT2D eigenvalue weighted by molar-refractivity contribution is -0.150.